The summed E-state index contributed by atoms with van der Waals surface area (Å²) in [6, 6.07) is -2.98. The molecule has 4 rings (SSSR count). The number of nitrogens with zero attached hydrogens (tertiary/aromatic N) is 1. The molecular weight excluding hydrogens is 630 g/mol. The molecule has 4 unspecified atom stereocenters. The molecule has 12 heteroatoms. The van der Waals surface area contributed by atoms with Crippen molar-refractivity contribution in [2.75, 3.05) is 18.8 Å². The molecule has 0 bridgehead atoms. The summed E-state index contributed by atoms with van der Waals surface area (Å²) in [6.07, 6.45) is 15.0. The first-order valence-electron chi connectivity index (χ1n) is 18.3. The van der Waals surface area contributed by atoms with Crippen molar-refractivity contribution >= 4 is 40.3 Å². The molecule has 1 saturated heterocycles. The molecular formula is C36H59N5O6S. The van der Waals surface area contributed by atoms with Gasteiger partial charge in [-0.1, -0.05) is 63.9 Å². The zero-order chi connectivity index (χ0) is 34.9. The molecule has 4 N–H and O–H groups in total. The van der Waals surface area contributed by atoms with Crippen LogP contribution in [0.4, 0.5) is 4.79 Å². The molecule has 0 radical (unpaired) electrons. The number of Topliss-reactive ketones (excluding diaryl/α,β-unsaturated/α-hetero) is 1. The van der Waals surface area contributed by atoms with Crippen LogP contribution in [0.15, 0.2) is 12.7 Å². The number of rotatable bonds is 14. The number of amides is 5. The Kier molecular flexibility index (Phi) is 13.7. The monoisotopic (exact) mass is 689 g/mol. The molecule has 3 aliphatic carbocycles. The van der Waals surface area contributed by atoms with Crippen LogP contribution in [-0.4, -0.2) is 85.9 Å². The lowest BCUT2D eigenvalue weighted by Crippen LogP contribution is -2.62. The Morgan fingerprint density at radius 1 is 0.896 bits per heavy atom. The van der Waals surface area contributed by atoms with E-state index in [0.29, 0.717) is 31.6 Å². The number of carbonyl (C=O) groups excluding carboxylic acids is 5. The third kappa shape index (κ3) is 10.6. The first kappa shape index (κ1) is 38.0. The van der Waals surface area contributed by atoms with Crippen LogP contribution in [0, 0.1) is 11.8 Å². The van der Waals surface area contributed by atoms with E-state index in [1.165, 1.54) is 6.08 Å². The van der Waals surface area contributed by atoms with Crippen molar-refractivity contribution in [2.45, 2.75) is 152 Å². The zero-order valence-corrected chi connectivity index (χ0v) is 30.2. The van der Waals surface area contributed by atoms with E-state index in [4.69, 9.17) is 0 Å². The van der Waals surface area contributed by atoms with Crippen molar-refractivity contribution < 1.29 is 28.2 Å². The number of nitrogens with one attached hydrogen (secondary N) is 4. The minimum absolute atomic E-state index is 0.0705. The maximum absolute atomic E-state index is 14.4. The Bertz CT molecular complexity index is 1200. The lowest BCUT2D eigenvalue weighted by Gasteiger charge is -2.40. The lowest BCUT2D eigenvalue weighted by atomic mass is 9.83. The number of hydrogen-bond acceptors (Lipinski definition) is 6. The van der Waals surface area contributed by atoms with Crippen molar-refractivity contribution in [1.29, 1.82) is 0 Å². The van der Waals surface area contributed by atoms with Gasteiger partial charge in [-0.15, -0.1) is 6.58 Å². The summed E-state index contributed by atoms with van der Waals surface area (Å²) < 4.78 is 12.9. The maximum Gasteiger partial charge on any atom is 0.315 e. The Morgan fingerprint density at radius 3 is 2.15 bits per heavy atom. The normalized spacial score (nSPS) is 23.6. The predicted molar refractivity (Wildman–Crippen MR) is 187 cm³/mol. The van der Waals surface area contributed by atoms with E-state index in [9.17, 15) is 28.2 Å². The van der Waals surface area contributed by atoms with Crippen LogP contribution in [0.2, 0.25) is 0 Å². The highest BCUT2D eigenvalue weighted by molar-refractivity contribution is 7.86. The number of likely N-dealkylation sites (tertiary alicyclic amines) is 1. The van der Waals surface area contributed by atoms with Gasteiger partial charge in [0.2, 0.25) is 17.6 Å². The standard InChI is InChI=1S/C36H59N5O6S/c1-5-21-37-32(44)30(42)27(23-25-17-18-25)38-31(43)28-16-13-22-41(28)33(45)29(26-14-9-6-7-10-15-26)39-34(46)40-36(19-11-8-12-20-36)24-48(47)35(2,3)4/h5,25-29H,1,6-24H2,2-4H3,(H,37,44)(H,38,43)(H2,39,40,46). The molecule has 5 amide bonds. The highest BCUT2D eigenvalue weighted by Crippen LogP contribution is 2.35. The molecule has 11 nitrogen and oxygen atoms in total. The van der Waals surface area contributed by atoms with Gasteiger partial charge in [0.25, 0.3) is 5.91 Å². The van der Waals surface area contributed by atoms with Crippen LogP contribution in [0.1, 0.15) is 124 Å². The third-order valence-electron chi connectivity index (χ3n) is 10.6. The van der Waals surface area contributed by atoms with E-state index in [-0.39, 0.29) is 24.3 Å². The molecule has 4 aliphatic rings. The highest BCUT2D eigenvalue weighted by Gasteiger charge is 2.44. The fourth-order valence-electron chi connectivity index (χ4n) is 7.52. The van der Waals surface area contributed by atoms with Gasteiger partial charge in [0.15, 0.2) is 0 Å². The van der Waals surface area contributed by atoms with Gasteiger partial charge in [-0.05, 0) is 77.6 Å². The van der Waals surface area contributed by atoms with Crippen LogP contribution < -0.4 is 21.3 Å². The van der Waals surface area contributed by atoms with Crippen molar-refractivity contribution in [3.63, 3.8) is 0 Å². The Hall–Kier alpha value is -2.76. The smallest absolute Gasteiger partial charge is 0.315 e. The predicted octanol–water partition coefficient (Wildman–Crippen LogP) is 4.02. The van der Waals surface area contributed by atoms with Crippen LogP contribution in [0.5, 0.6) is 0 Å². The van der Waals surface area contributed by atoms with Gasteiger partial charge in [-0.2, -0.15) is 0 Å². The Labute approximate surface area is 289 Å². The van der Waals surface area contributed by atoms with Gasteiger partial charge < -0.3 is 26.2 Å². The van der Waals surface area contributed by atoms with E-state index in [1.54, 1.807) is 4.90 Å². The molecule has 4 atom stereocenters. The summed E-state index contributed by atoms with van der Waals surface area (Å²) in [6.45, 7) is 9.94. The molecule has 48 heavy (non-hydrogen) atoms. The maximum atomic E-state index is 14.4. The molecule has 0 aromatic heterocycles. The van der Waals surface area contributed by atoms with E-state index in [1.807, 2.05) is 20.8 Å². The largest absolute Gasteiger partial charge is 0.346 e. The summed E-state index contributed by atoms with van der Waals surface area (Å²) in [4.78, 5) is 69.1. The molecule has 3 saturated carbocycles. The summed E-state index contributed by atoms with van der Waals surface area (Å²) in [5.41, 5.74) is -0.603. The number of carbonyl (C=O) groups is 5. The van der Waals surface area contributed by atoms with Crippen molar-refractivity contribution in [3.05, 3.63) is 12.7 Å². The van der Waals surface area contributed by atoms with Gasteiger partial charge in [-0.25, -0.2) is 4.79 Å². The molecule has 0 aromatic carbocycles. The van der Waals surface area contributed by atoms with Gasteiger partial charge in [0.05, 0.1) is 11.6 Å². The fourth-order valence-corrected chi connectivity index (χ4v) is 8.82. The first-order valence-corrected chi connectivity index (χ1v) is 19.7. The summed E-state index contributed by atoms with van der Waals surface area (Å²) in [7, 11) is -1.16. The Morgan fingerprint density at radius 2 is 1.54 bits per heavy atom. The highest BCUT2D eigenvalue weighted by atomic mass is 32.2. The molecule has 4 fully saturated rings. The summed E-state index contributed by atoms with van der Waals surface area (Å²) in [5, 5.41) is 11.6. The van der Waals surface area contributed by atoms with E-state index in [0.717, 1.165) is 83.5 Å². The number of hydrogen-bond donors (Lipinski definition) is 4. The average Bonchev–Trinajstić information content (AvgIpc) is 3.80. The van der Waals surface area contributed by atoms with E-state index < -0.39 is 62.8 Å². The third-order valence-corrected chi connectivity index (χ3v) is 12.8. The first-order chi connectivity index (χ1) is 22.8. The van der Waals surface area contributed by atoms with Crippen LogP contribution in [0.3, 0.4) is 0 Å². The minimum atomic E-state index is -1.16. The summed E-state index contributed by atoms with van der Waals surface area (Å²) in [5.74, 6) is -1.59. The van der Waals surface area contributed by atoms with Crippen LogP contribution in [0.25, 0.3) is 0 Å². The molecule has 0 spiro atoms. The van der Waals surface area contributed by atoms with Gasteiger partial charge in [0.1, 0.15) is 12.1 Å². The van der Waals surface area contributed by atoms with E-state index in [2.05, 4.69) is 27.8 Å². The molecule has 1 aliphatic heterocycles. The number of urea groups is 1. The van der Waals surface area contributed by atoms with Gasteiger partial charge in [0, 0.05) is 34.4 Å². The molecule has 270 valence electrons. The van der Waals surface area contributed by atoms with Crippen LogP contribution >= 0.6 is 0 Å². The SMILES string of the molecule is C=CCNC(=O)C(=O)C(CC1CC1)NC(=O)C1CCCN1C(=O)C(NC(=O)NC1(CS(=O)C(C)(C)C)CCCCC1)C1CCCCCC1. The van der Waals surface area contributed by atoms with Gasteiger partial charge in [-0.3, -0.25) is 23.4 Å². The zero-order valence-electron chi connectivity index (χ0n) is 29.4. The lowest BCUT2D eigenvalue weighted by molar-refractivity contribution is -0.143. The number of ketones is 1. The quantitative estimate of drug-likeness (QED) is 0.123. The summed E-state index contributed by atoms with van der Waals surface area (Å²) >= 11 is 0. The second kappa shape index (κ2) is 17.3. The minimum Gasteiger partial charge on any atom is -0.346 e. The van der Waals surface area contributed by atoms with Gasteiger partial charge >= 0.3 is 6.03 Å². The topological polar surface area (TPSA) is 154 Å². The molecule has 1 heterocycles. The fraction of sp³-hybridized carbons (Fsp3) is 0.806. The van der Waals surface area contributed by atoms with Crippen LogP contribution in [-0.2, 0) is 30.0 Å². The second-order valence-electron chi connectivity index (χ2n) is 15.6. The Balaban J connectivity index is 1.50. The van der Waals surface area contributed by atoms with E-state index >= 15 is 0 Å². The molecule has 0 aromatic rings. The second-order valence-corrected chi connectivity index (χ2v) is 17.8. The average molecular weight is 690 g/mol. The van der Waals surface area contributed by atoms with Crippen molar-refractivity contribution in [3.8, 4) is 0 Å². The van der Waals surface area contributed by atoms with Crippen molar-refractivity contribution in [2.24, 2.45) is 11.8 Å². The van der Waals surface area contributed by atoms with Crippen molar-refractivity contribution in [1.82, 2.24) is 26.2 Å².